The zero-order valence-electron chi connectivity index (χ0n) is 22.3. The molecule has 0 unspecified atom stereocenters. The highest BCUT2D eigenvalue weighted by Crippen LogP contribution is 2.34. The number of ether oxygens (including phenoxy) is 1. The Morgan fingerprint density at radius 1 is 1.03 bits per heavy atom. The fourth-order valence-corrected chi connectivity index (χ4v) is 3.97. The summed E-state index contributed by atoms with van der Waals surface area (Å²) >= 11 is 5.85. The van der Waals surface area contributed by atoms with Gasteiger partial charge in [-0.3, -0.25) is 9.78 Å². The molecule has 1 amide bonds. The van der Waals surface area contributed by atoms with Crippen LogP contribution in [0.4, 0.5) is 14.5 Å². The van der Waals surface area contributed by atoms with Crippen LogP contribution in [0, 0.1) is 0 Å². The lowest BCUT2D eigenvalue weighted by atomic mass is 10.1. The van der Waals surface area contributed by atoms with Gasteiger partial charge in [0.15, 0.2) is 5.82 Å². The van der Waals surface area contributed by atoms with Crippen LogP contribution in [0.2, 0.25) is 5.02 Å². The second-order valence-electron chi connectivity index (χ2n) is 9.05. The van der Waals surface area contributed by atoms with Gasteiger partial charge in [-0.1, -0.05) is 56.8 Å². The number of carbonyl (C=O) groups excluding carboxylic acids is 1. The van der Waals surface area contributed by atoms with E-state index in [1.165, 1.54) is 37.5 Å². The van der Waals surface area contributed by atoms with E-state index in [1.54, 1.807) is 30.7 Å². The van der Waals surface area contributed by atoms with Gasteiger partial charge in [-0.2, -0.15) is 0 Å². The maximum Gasteiger partial charge on any atom is 0.272 e. The molecule has 39 heavy (non-hydrogen) atoms. The zero-order chi connectivity index (χ0) is 28.3. The van der Waals surface area contributed by atoms with E-state index in [-0.39, 0.29) is 28.6 Å². The number of aromatic amines is 1. The van der Waals surface area contributed by atoms with Crippen LogP contribution in [0.5, 0.6) is 11.5 Å². The normalized spacial score (nSPS) is 10.9. The molecule has 0 aliphatic rings. The van der Waals surface area contributed by atoms with Crippen LogP contribution in [0.15, 0.2) is 73.2 Å². The summed E-state index contributed by atoms with van der Waals surface area (Å²) in [6.45, 7) is 5.19. The van der Waals surface area contributed by atoms with Gasteiger partial charge in [0.1, 0.15) is 17.2 Å². The first kappa shape index (κ1) is 29.8. The van der Waals surface area contributed by atoms with Crippen LogP contribution >= 0.6 is 11.6 Å². The number of nitrogens with zero attached hydrogens (tertiary/aromatic N) is 2. The molecule has 0 saturated carbocycles. The van der Waals surface area contributed by atoms with Crippen molar-refractivity contribution in [2.24, 2.45) is 0 Å². The summed E-state index contributed by atoms with van der Waals surface area (Å²) in [4.78, 5) is 23.8. The highest BCUT2D eigenvalue weighted by atomic mass is 35.5. The molecule has 2 aromatic carbocycles. The first-order valence-corrected chi connectivity index (χ1v) is 13.3. The molecular weight excluding hydrogens is 522 g/mol. The van der Waals surface area contributed by atoms with Crippen LogP contribution in [0.3, 0.4) is 0 Å². The maximum absolute atomic E-state index is 13.7. The van der Waals surface area contributed by atoms with Gasteiger partial charge in [0.05, 0.1) is 0 Å². The molecule has 0 atom stereocenters. The molecule has 0 bridgehead atoms. The van der Waals surface area contributed by atoms with E-state index in [4.69, 9.17) is 16.3 Å². The van der Waals surface area contributed by atoms with Crippen molar-refractivity contribution in [3.8, 4) is 23.0 Å². The lowest BCUT2D eigenvalue weighted by Crippen LogP contribution is -2.14. The zero-order valence-corrected chi connectivity index (χ0v) is 23.1. The fourth-order valence-electron chi connectivity index (χ4n) is 3.68. The molecule has 0 radical (unpaired) electrons. The SMILES string of the molecule is CC(F)(F)c1cc(NC(=O)CCc2cccc(Oc3ccnc(-c4ncc[nH]4)c3)c2)ccc1Cl.CCCCC. The van der Waals surface area contributed by atoms with Gasteiger partial charge in [0, 0.05) is 54.3 Å². The Morgan fingerprint density at radius 3 is 2.46 bits per heavy atom. The number of hydrogen-bond donors (Lipinski definition) is 2. The molecule has 0 aliphatic carbocycles. The Kier molecular flexibility index (Phi) is 11.0. The van der Waals surface area contributed by atoms with Gasteiger partial charge in [-0.05, 0) is 48.4 Å². The summed E-state index contributed by atoms with van der Waals surface area (Å²) < 4.78 is 33.3. The molecule has 0 spiro atoms. The smallest absolute Gasteiger partial charge is 0.272 e. The number of anilines is 1. The van der Waals surface area contributed by atoms with Gasteiger partial charge in [-0.15, -0.1) is 0 Å². The standard InChI is InChI=1S/C25H21ClF2N4O2.C5H12/c1-25(27,28)20-14-17(6-7-21(20)26)32-23(33)8-5-16-3-2-4-18(13-16)34-19-9-10-29-22(15-19)24-30-11-12-31-24;1-3-5-4-2/h2-4,6-7,9-15H,5,8H2,1H3,(H,30,31)(H,32,33);3-5H2,1-2H3. The molecule has 0 saturated heterocycles. The van der Waals surface area contributed by atoms with Crippen molar-refractivity contribution < 1.29 is 18.3 Å². The number of hydrogen-bond acceptors (Lipinski definition) is 4. The topological polar surface area (TPSA) is 79.9 Å². The Hall–Kier alpha value is -3.78. The van der Waals surface area contributed by atoms with Crippen molar-refractivity contribution in [1.29, 1.82) is 0 Å². The van der Waals surface area contributed by atoms with Crippen LogP contribution in [0.1, 0.15) is 57.6 Å². The quantitative estimate of drug-likeness (QED) is 0.205. The number of imidazole rings is 1. The Balaban J connectivity index is 0.000000771. The minimum absolute atomic E-state index is 0.0483. The molecule has 2 heterocycles. The average Bonchev–Trinajstić information content (AvgIpc) is 3.45. The average molecular weight is 555 g/mol. The molecule has 206 valence electrons. The number of pyridine rings is 1. The summed E-state index contributed by atoms with van der Waals surface area (Å²) in [7, 11) is 0. The van der Waals surface area contributed by atoms with Gasteiger partial charge < -0.3 is 15.0 Å². The van der Waals surface area contributed by atoms with Crippen molar-refractivity contribution in [2.45, 2.75) is 58.8 Å². The highest BCUT2D eigenvalue weighted by Gasteiger charge is 2.27. The molecule has 0 aliphatic heterocycles. The number of halogens is 3. The Labute approximate surface area is 232 Å². The van der Waals surface area contributed by atoms with E-state index in [1.807, 2.05) is 24.3 Å². The first-order chi connectivity index (χ1) is 18.7. The van der Waals surface area contributed by atoms with Gasteiger partial charge in [0.2, 0.25) is 5.91 Å². The number of unbranched alkanes of at least 4 members (excludes halogenated alkanes) is 2. The van der Waals surface area contributed by atoms with E-state index < -0.39 is 5.92 Å². The predicted molar refractivity (Wildman–Crippen MR) is 152 cm³/mol. The second-order valence-corrected chi connectivity index (χ2v) is 9.46. The maximum atomic E-state index is 13.7. The predicted octanol–water partition coefficient (Wildman–Crippen LogP) is 8.80. The number of H-pyrrole nitrogens is 1. The summed E-state index contributed by atoms with van der Waals surface area (Å²) in [5.74, 6) is -1.55. The minimum atomic E-state index is -3.11. The number of carbonyl (C=O) groups is 1. The van der Waals surface area contributed by atoms with Crippen molar-refractivity contribution in [3.63, 3.8) is 0 Å². The second kappa shape index (κ2) is 14.4. The van der Waals surface area contributed by atoms with Crippen LogP contribution < -0.4 is 10.1 Å². The van der Waals surface area contributed by atoms with Crippen LogP contribution in [-0.4, -0.2) is 20.9 Å². The lowest BCUT2D eigenvalue weighted by molar-refractivity contribution is -0.116. The van der Waals surface area contributed by atoms with E-state index in [0.29, 0.717) is 29.4 Å². The van der Waals surface area contributed by atoms with Crippen molar-refractivity contribution in [2.75, 3.05) is 5.32 Å². The molecule has 6 nitrogen and oxygen atoms in total. The Bertz CT molecular complexity index is 1340. The van der Waals surface area contributed by atoms with Crippen LogP contribution in [0.25, 0.3) is 11.5 Å². The molecule has 4 aromatic rings. The fraction of sp³-hybridized carbons (Fsp3) is 0.300. The molecule has 2 aromatic heterocycles. The van der Waals surface area contributed by atoms with E-state index in [2.05, 4.69) is 34.1 Å². The Morgan fingerprint density at radius 2 is 1.79 bits per heavy atom. The molecule has 2 N–H and O–H groups in total. The number of nitrogens with one attached hydrogen (secondary N) is 2. The molecular formula is C30H33ClF2N4O2. The largest absolute Gasteiger partial charge is 0.457 e. The summed E-state index contributed by atoms with van der Waals surface area (Å²) in [6.07, 6.45) is 9.69. The monoisotopic (exact) mass is 554 g/mol. The first-order valence-electron chi connectivity index (χ1n) is 12.9. The highest BCUT2D eigenvalue weighted by molar-refractivity contribution is 6.31. The molecule has 0 fully saturated rings. The van der Waals surface area contributed by atoms with E-state index in [0.717, 1.165) is 12.5 Å². The third kappa shape index (κ3) is 9.48. The number of aryl methyl sites for hydroxylation is 1. The number of rotatable bonds is 10. The summed E-state index contributed by atoms with van der Waals surface area (Å²) in [5, 5.41) is 2.60. The van der Waals surface area contributed by atoms with Gasteiger partial charge in [-0.25, -0.2) is 13.8 Å². The number of alkyl halides is 2. The minimum Gasteiger partial charge on any atom is -0.457 e. The van der Waals surface area contributed by atoms with Gasteiger partial charge in [0.25, 0.3) is 5.92 Å². The third-order valence-corrected chi connectivity index (χ3v) is 6.01. The number of benzene rings is 2. The van der Waals surface area contributed by atoms with Crippen molar-refractivity contribution >= 4 is 23.2 Å². The summed E-state index contributed by atoms with van der Waals surface area (Å²) in [6, 6.07) is 14.9. The number of amides is 1. The van der Waals surface area contributed by atoms with Gasteiger partial charge >= 0.3 is 0 Å². The van der Waals surface area contributed by atoms with E-state index in [9.17, 15) is 13.6 Å². The van der Waals surface area contributed by atoms with Crippen LogP contribution in [-0.2, 0) is 17.1 Å². The molecule has 9 heteroatoms. The summed E-state index contributed by atoms with van der Waals surface area (Å²) in [5.41, 5.74) is 1.49. The number of aromatic nitrogens is 3. The lowest BCUT2D eigenvalue weighted by Gasteiger charge is -2.14. The molecule has 4 rings (SSSR count). The van der Waals surface area contributed by atoms with E-state index >= 15 is 0 Å². The van der Waals surface area contributed by atoms with Crippen molar-refractivity contribution in [3.05, 3.63) is 89.3 Å². The third-order valence-electron chi connectivity index (χ3n) is 5.68. The van der Waals surface area contributed by atoms with Crippen molar-refractivity contribution in [1.82, 2.24) is 15.0 Å².